The van der Waals surface area contributed by atoms with Gasteiger partial charge in [0.2, 0.25) is 5.75 Å². The molecule has 0 spiro atoms. The van der Waals surface area contributed by atoms with E-state index in [1.807, 2.05) is 36.4 Å². The van der Waals surface area contributed by atoms with Crippen LogP contribution in [0.3, 0.4) is 0 Å². The first-order chi connectivity index (χ1) is 13.7. The highest BCUT2D eigenvalue weighted by molar-refractivity contribution is 6.14. The summed E-state index contributed by atoms with van der Waals surface area (Å²) < 4.78 is 0. The molecule has 3 aromatic rings. The van der Waals surface area contributed by atoms with Crippen LogP contribution in [0.25, 0.3) is 11.6 Å². The predicted octanol–water partition coefficient (Wildman–Crippen LogP) is 0.731. The van der Waals surface area contributed by atoms with Crippen molar-refractivity contribution in [3.8, 4) is 5.75 Å². The largest absolute Gasteiger partial charge is 1.00 e. The summed E-state index contributed by atoms with van der Waals surface area (Å²) in [5, 5.41) is 3.10. The van der Waals surface area contributed by atoms with E-state index < -0.39 is 0 Å². The zero-order valence-electron chi connectivity index (χ0n) is 16.5. The lowest BCUT2D eigenvalue weighted by atomic mass is 9.90. The van der Waals surface area contributed by atoms with Gasteiger partial charge in [0.25, 0.3) is 5.71 Å². The van der Waals surface area contributed by atoms with Crippen LogP contribution in [-0.4, -0.2) is 19.8 Å². The van der Waals surface area contributed by atoms with Gasteiger partial charge in [0.05, 0.1) is 5.56 Å². The third-order valence-corrected chi connectivity index (χ3v) is 4.71. The van der Waals surface area contributed by atoms with Gasteiger partial charge in [-0.25, -0.2) is 4.84 Å². The molecule has 3 nitrogen and oxygen atoms in total. The minimum atomic E-state index is 0. The number of benzene rings is 3. The van der Waals surface area contributed by atoms with Crippen LogP contribution in [0.1, 0.15) is 16.7 Å². The first-order valence-electron chi connectivity index (χ1n) is 9.32. The Kier molecular flexibility index (Phi) is 6.53. The molecule has 1 aliphatic carbocycles. The molecule has 0 bridgehead atoms. The molecule has 0 unspecified atom stereocenters. The highest BCUT2D eigenvalue weighted by atomic mass is 35.5. The lowest BCUT2D eigenvalue weighted by molar-refractivity contribution is -0.703. The van der Waals surface area contributed by atoms with E-state index in [0.29, 0.717) is 0 Å². The standard InChI is InChI=1S/C25H22N2O.ClH/c1-27(2)21-15-12-19(13-16-21)18-20-14-17-25(24-11-7-6-10-23(20)24)26-28-22-8-4-3-5-9-22;/h3-18H,1-2H3;1H. The van der Waals surface area contributed by atoms with Crippen LogP contribution in [0.4, 0.5) is 5.69 Å². The maximum absolute atomic E-state index is 5.73. The van der Waals surface area contributed by atoms with Crippen LogP contribution < -0.4 is 27.3 Å². The van der Waals surface area contributed by atoms with E-state index in [1.165, 1.54) is 22.4 Å². The second-order valence-corrected chi connectivity index (χ2v) is 6.90. The van der Waals surface area contributed by atoms with Gasteiger partial charge in [0.15, 0.2) is 0 Å². The predicted molar refractivity (Wildman–Crippen MR) is 116 cm³/mol. The van der Waals surface area contributed by atoms with E-state index in [9.17, 15) is 0 Å². The average Bonchev–Trinajstić information content (AvgIpc) is 2.74. The van der Waals surface area contributed by atoms with Gasteiger partial charge in [-0.3, -0.25) is 0 Å². The monoisotopic (exact) mass is 402 g/mol. The molecule has 146 valence electrons. The highest BCUT2D eigenvalue weighted by Gasteiger charge is 2.19. The van der Waals surface area contributed by atoms with Gasteiger partial charge < -0.3 is 17.3 Å². The van der Waals surface area contributed by atoms with Crippen LogP contribution in [-0.2, 0) is 0 Å². The molecule has 0 heterocycles. The third kappa shape index (κ3) is 4.76. The van der Waals surface area contributed by atoms with Crippen LogP contribution in [0.5, 0.6) is 5.75 Å². The number of nitrogens with one attached hydrogen (secondary N) is 1. The lowest BCUT2D eigenvalue weighted by Gasteiger charge is -2.14. The fourth-order valence-corrected chi connectivity index (χ4v) is 3.19. The number of hydrogen-bond donors (Lipinski definition) is 1. The number of para-hydroxylation sites is 1. The molecule has 29 heavy (non-hydrogen) atoms. The van der Waals surface area contributed by atoms with Gasteiger partial charge in [0, 0.05) is 25.9 Å². The van der Waals surface area contributed by atoms with E-state index in [-0.39, 0.29) is 12.4 Å². The van der Waals surface area contributed by atoms with Gasteiger partial charge in [-0.05, 0) is 64.3 Å². The molecule has 0 atom stereocenters. The van der Waals surface area contributed by atoms with Crippen molar-refractivity contribution in [2.24, 2.45) is 0 Å². The van der Waals surface area contributed by atoms with Crippen molar-refractivity contribution in [3.63, 3.8) is 0 Å². The normalized spacial score (nSPS) is 15.0. The Hall–Kier alpha value is -3.30. The summed E-state index contributed by atoms with van der Waals surface area (Å²) in [5.74, 6) is 0.781. The van der Waals surface area contributed by atoms with Crippen LogP contribution in [0.15, 0.2) is 91.0 Å². The van der Waals surface area contributed by atoms with Crippen LogP contribution in [0.2, 0.25) is 0 Å². The van der Waals surface area contributed by atoms with Gasteiger partial charge in [-0.2, -0.15) is 0 Å². The average molecular weight is 403 g/mol. The number of halogens is 1. The van der Waals surface area contributed by atoms with Crippen molar-refractivity contribution in [1.82, 2.24) is 0 Å². The second-order valence-electron chi connectivity index (χ2n) is 6.90. The number of rotatable bonds is 4. The molecule has 0 radical (unpaired) electrons. The van der Waals surface area contributed by atoms with Gasteiger partial charge in [-0.1, -0.05) is 48.5 Å². The van der Waals surface area contributed by atoms with Crippen molar-refractivity contribution in [3.05, 3.63) is 108 Å². The molecule has 3 aromatic carbocycles. The molecule has 0 amide bonds. The van der Waals surface area contributed by atoms with Gasteiger partial charge in [0.1, 0.15) is 0 Å². The van der Waals surface area contributed by atoms with Gasteiger partial charge >= 0.3 is 0 Å². The summed E-state index contributed by atoms with van der Waals surface area (Å²) in [6.45, 7) is 0. The van der Waals surface area contributed by atoms with E-state index in [1.54, 1.807) is 0 Å². The van der Waals surface area contributed by atoms with Crippen molar-refractivity contribution < 1.29 is 22.4 Å². The number of anilines is 1. The summed E-state index contributed by atoms with van der Waals surface area (Å²) in [6, 6.07) is 26.7. The second kappa shape index (κ2) is 9.26. The number of hydrogen-bond acceptors (Lipinski definition) is 2. The summed E-state index contributed by atoms with van der Waals surface area (Å²) in [6.07, 6.45) is 6.40. The maximum atomic E-state index is 5.73. The topological polar surface area (TPSA) is 26.4 Å². The zero-order valence-corrected chi connectivity index (χ0v) is 17.2. The Labute approximate surface area is 178 Å². The Morgan fingerprint density at radius 1 is 0.759 bits per heavy atom. The zero-order chi connectivity index (χ0) is 19.3. The molecule has 0 fully saturated rings. The fourth-order valence-electron chi connectivity index (χ4n) is 3.19. The molecule has 4 rings (SSSR count). The first-order valence-corrected chi connectivity index (χ1v) is 9.32. The van der Waals surface area contributed by atoms with Crippen molar-refractivity contribution >= 4 is 23.0 Å². The van der Waals surface area contributed by atoms with E-state index in [2.05, 4.69) is 84.8 Å². The number of nitrogens with zero attached hydrogens (tertiary/aromatic N) is 1. The maximum Gasteiger partial charge on any atom is 0.256 e. The molecule has 1 aliphatic rings. The SMILES string of the molecule is CN(C)c1ccc(C=C2C=CC(=[NH+]Oc3ccccc3)c3ccccc32)cc1.[Cl-]. The smallest absolute Gasteiger partial charge is 0.256 e. The Bertz CT molecular complexity index is 1050. The molecule has 4 heteroatoms. The highest BCUT2D eigenvalue weighted by Crippen LogP contribution is 2.27. The minimum Gasteiger partial charge on any atom is -1.00 e. The molecule has 1 N–H and O–H groups in total. The molecule has 0 aromatic heterocycles. The van der Waals surface area contributed by atoms with E-state index >= 15 is 0 Å². The van der Waals surface area contributed by atoms with Crippen molar-refractivity contribution in [2.45, 2.75) is 0 Å². The molecule has 0 aliphatic heterocycles. The molecular weight excluding hydrogens is 380 g/mol. The summed E-state index contributed by atoms with van der Waals surface area (Å²) in [4.78, 5) is 7.83. The lowest BCUT2D eigenvalue weighted by Crippen LogP contribution is -3.00. The van der Waals surface area contributed by atoms with Crippen LogP contribution in [0, 0.1) is 0 Å². The summed E-state index contributed by atoms with van der Waals surface area (Å²) in [5.41, 5.74) is 6.80. The third-order valence-electron chi connectivity index (χ3n) is 4.71. The Morgan fingerprint density at radius 2 is 1.41 bits per heavy atom. The van der Waals surface area contributed by atoms with Crippen molar-refractivity contribution in [1.29, 1.82) is 0 Å². The Morgan fingerprint density at radius 3 is 2.10 bits per heavy atom. The quantitative estimate of drug-likeness (QED) is 0.651. The van der Waals surface area contributed by atoms with Crippen LogP contribution >= 0.6 is 0 Å². The minimum absolute atomic E-state index is 0. The Balaban J connectivity index is 0.00000240. The fraction of sp³-hybridized carbons (Fsp3) is 0.0800. The number of fused-ring (bicyclic) bond motifs is 1. The van der Waals surface area contributed by atoms with E-state index in [4.69, 9.17) is 4.84 Å². The number of allylic oxidation sites excluding steroid dienone is 3. The molecule has 0 saturated heterocycles. The molecule has 0 saturated carbocycles. The van der Waals surface area contributed by atoms with E-state index in [0.717, 1.165) is 17.0 Å². The summed E-state index contributed by atoms with van der Waals surface area (Å²) >= 11 is 0. The van der Waals surface area contributed by atoms with Crippen molar-refractivity contribution in [2.75, 3.05) is 19.0 Å². The molecular formula is C25H23ClN2O. The first kappa shape index (κ1) is 20.4. The summed E-state index contributed by atoms with van der Waals surface area (Å²) in [7, 11) is 4.10. The van der Waals surface area contributed by atoms with Gasteiger partial charge in [-0.15, -0.1) is 0 Å².